The number of aliphatic hydroxyl groups is 1. The Morgan fingerprint density at radius 2 is 1.67 bits per heavy atom. The van der Waals surface area contributed by atoms with Crippen LogP contribution in [0.25, 0.3) is 0 Å². The second kappa shape index (κ2) is 13.7. The summed E-state index contributed by atoms with van der Waals surface area (Å²) in [6.07, 6.45) is -0.0907. The summed E-state index contributed by atoms with van der Waals surface area (Å²) in [5.41, 5.74) is 7.05. The van der Waals surface area contributed by atoms with E-state index in [-0.39, 0.29) is 35.7 Å². The predicted octanol–water partition coefficient (Wildman–Crippen LogP) is 2.80. The second-order valence-electron chi connectivity index (χ2n) is 9.67. The van der Waals surface area contributed by atoms with Gasteiger partial charge < -0.3 is 20.9 Å². The average Bonchev–Trinajstić information content (AvgIpc) is 2.87. The van der Waals surface area contributed by atoms with Crippen LogP contribution in [0, 0.1) is 11.8 Å². The van der Waals surface area contributed by atoms with Gasteiger partial charge in [-0.15, -0.1) is 0 Å². The molecule has 0 aliphatic heterocycles. The van der Waals surface area contributed by atoms with Gasteiger partial charge in [0.2, 0.25) is 15.9 Å². The van der Waals surface area contributed by atoms with Crippen molar-refractivity contribution in [3.05, 3.63) is 60.2 Å². The Bertz CT molecular complexity index is 1040. The molecule has 0 spiro atoms. The van der Waals surface area contributed by atoms with Gasteiger partial charge in [0, 0.05) is 13.1 Å². The van der Waals surface area contributed by atoms with Gasteiger partial charge in [0.1, 0.15) is 5.75 Å². The van der Waals surface area contributed by atoms with Crippen LogP contribution >= 0.6 is 0 Å². The fraction of sp³-hybridized carbons (Fsp3) is 0.519. The van der Waals surface area contributed by atoms with Gasteiger partial charge >= 0.3 is 0 Å². The first-order chi connectivity index (χ1) is 17.0. The number of aliphatic hydroxyl groups excluding tert-OH is 1. The smallest absolute Gasteiger partial charge is 0.243 e. The third-order valence-corrected chi connectivity index (χ3v) is 8.15. The van der Waals surface area contributed by atoms with Gasteiger partial charge in [-0.25, -0.2) is 8.42 Å². The number of nitrogens with two attached hydrogens (primary N) is 1. The molecular formula is C27H41N3O5S. The van der Waals surface area contributed by atoms with E-state index in [1.807, 2.05) is 58.0 Å². The molecule has 0 saturated heterocycles. The van der Waals surface area contributed by atoms with Crippen LogP contribution in [0.2, 0.25) is 0 Å². The Kier molecular flexibility index (Phi) is 11.4. The molecule has 9 heteroatoms. The fourth-order valence-electron chi connectivity index (χ4n) is 3.85. The summed E-state index contributed by atoms with van der Waals surface area (Å²) >= 11 is 0. The maximum Gasteiger partial charge on any atom is 0.243 e. The predicted molar refractivity (Wildman–Crippen MR) is 142 cm³/mol. The van der Waals surface area contributed by atoms with E-state index in [1.54, 1.807) is 12.1 Å². The Morgan fingerprint density at radius 1 is 1.06 bits per heavy atom. The van der Waals surface area contributed by atoms with Crippen molar-refractivity contribution in [1.82, 2.24) is 9.62 Å². The van der Waals surface area contributed by atoms with Gasteiger partial charge in [-0.1, -0.05) is 64.4 Å². The Morgan fingerprint density at radius 3 is 2.19 bits per heavy atom. The summed E-state index contributed by atoms with van der Waals surface area (Å²) in [6.45, 7) is 7.72. The standard InChI is InChI=1S/C27H41N3O5S/c1-6-20(4)26(28)27(32)29-24(16-21-10-8-7-9-11-21)25(31)18-30(17-19(2)3)36(33,34)23-14-12-22(35-5)13-15-23/h7-15,19-20,24-26,31H,6,16-18,28H2,1-5H3,(H,29,32)/t20-,24?,25+,26-/m0/s1. The number of hydrogen-bond acceptors (Lipinski definition) is 6. The molecule has 0 aliphatic carbocycles. The molecule has 2 rings (SSSR count). The van der Waals surface area contributed by atoms with Crippen LogP contribution in [0.5, 0.6) is 5.75 Å². The maximum atomic E-state index is 13.5. The van der Waals surface area contributed by atoms with Crippen molar-refractivity contribution < 1.29 is 23.1 Å². The number of nitrogens with one attached hydrogen (secondary N) is 1. The number of carbonyl (C=O) groups excluding carboxylic acids is 1. The second-order valence-corrected chi connectivity index (χ2v) is 11.6. The quantitative estimate of drug-likeness (QED) is 0.353. The minimum absolute atomic E-state index is 0.0196. The van der Waals surface area contributed by atoms with Crippen LogP contribution in [0.15, 0.2) is 59.5 Å². The number of rotatable bonds is 14. The van der Waals surface area contributed by atoms with E-state index >= 15 is 0 Å². The molecule has 36 heavy (non-hydrogen) atoms. The highest BCUT2D eigenvalue weighted by Crippen LogP contribution is 2.22. The lowest BCUT2D eigenvalue weighted by Gasteiger charge is -2.31. The summed E-state index contributed by atoms with van der Waals surface area (Å²) in [4.78, 5) is 13.0. The Hall–Kier alpha value is -2.46. The summed E-state index contributed by atoms with van der Waals surface area (Å²) in [7, 11) is -2.39. The minimum Gasteiger partial charge on any atom is -0.497 e. The van der Waals surface area contributed by atoms with E-state index in [4.69, 9.17) is 10.5 Å². The molecule has 8 nitrogen and oxygen atoms in total. The normalized spacial score (nSPS) is 15.4. The number of nitrogens with zero attached hydrogens (tertiary/aromatic N) is 1. The zero-order chi connectivity index (χ0) is 26.9. The lowest BCUT2D eigenvalue weighted by Crippen LogP contribution is -2.55. The van der Waals surface area contributed by atoms with Crippen LogP contribution in [0.4, 0.5) is 0 Å². The SMILES string of the molecule is CC[C@H](C)[C@H](N)C(=O)NC(Cc1ccccc1)[C@H](O)CN(CC(C)C)S(=O)(=O)c1ccc(OC)cc1. The number of methoxy groups -OCH3 is 1. The van der Waals surface area contributed by atoms with Crippen molar-refractivity contribution >= 4 is 15.9 Å². The molecule has 0 aromatic heterocycles. The van der Waals surface area contributed by atoms with Crippen LogP contribution in [0.3, 0.4) is 0 Å². The fourth-order valence-corrected chi connectivity index (χ4v) is 5.47. The van der Waals surface area contributed by atoms with Crippen LogP contribution in [0.1, 0.15) is 39.7 Å². The molecule has 1 amide bonds. The molecule has 0 bridgehead atoms. The van der Waals surface area contributed by atoms with Gasteiger partial charge in [0.15, 0.2) is 0 Å². The van der Waals surface area contributed by atoms with Crippen molar-refractivity contribution in [1.29, 1.82) is 0 Å². The molecule has 0 radical (unpaired) electrons. The van der Waals surface area contributed by atoms with Crippen molar-refractivity contribution in [2.24, 2.45) is 17.6 Å². The number of benzene rings is 2. The Balaban J connectivity index is 2.33. The van der Waals surface area contributed by atoms with Gasteiger partial charge in [0.25, 0.3) is 0 Å². The minimum atomic E-state index is -3.90. The Labute approximate surface area is 215 Å². The highest BCUT2D eigenvalue weighted by molar-refractivity contribution is 7.89. The van der Waals surface area contributed by atoms with Crippen molar-refractivity contribution in [3.8, 4) is 5.75 Å². The largest absolute Gasteiger partial charge is 0.497 e. The first-order valence-electron chi connectivity index (χ1n) is 12.4. The highest BCUT2D eigenvalue weighted by atomic mass is 32.2. The number of hydrogen-bond donors (Lipinski definition) is 3. The number of amides is 1. The molecule has 0 saturated carbocycles. The lowest BCUT2D eigenvalue weighted by atomic mass is 9.97. The summed E-state index contributed by atoms with van der Waals surface area (Å²) < 4.78 is 33.4. The molecule has 2 aromatic rings. The van der Waals surface area contributed by atoms with E-state index in [9.17, 15) is 18.3 Å². The summed E-state index contributed by atoms with van der Waals surface area (Å²) in [6, 6.07) is 14.2. The monoisotopic (exact) mass is 519 g/mol. The number of ether oxygens (including phenoxy) is 1. The van der Waals surface area contributed by atoms with E-state index in [0.29, 0.717) is 12.2 Å². The molecular weight excluding hydrogens is 478 g/mol. The highest BCUT2D eigenvalue weighted by Gasteiger charge is 2.32. The summed E-state index contributed by atoms with van der Waals surface area (Å²) in [5.74, 6) is 0.170. The molecule has 200 valence electrons. The van der Waals surface area contributed by atoms with Crippen molar-refractivity contribution in [3.63, 3.8) is 0 Å². The van der Waals surface area contributed by atoms with Gasteiger partial charge in [-0.05, 0) is 48.1 Å². The molecule has 0 fully saturated rings. The van der Waals surface area contributed by atoms with Gasteiger partial charge in [0.05, 0.1) is 30.2 Å². The molecule has 0 heterocycles. The zero-order valence-corrected chi connectivity index (χ0v) is 22.7. The molecule has 1 unspecified atom stereocenters. The third-order valence-electron chi connectivity index (χ3n) is 6.31. The van der Waals surface area contributed by atoms with E-state index < -0.39 is 28.2 Å². The van der Waals surface area contributed by atoms with Crippen LogP contribution in [-0.2, 0) is 21.2 Å². The van der Waals surface area contributed by atoms with E-state index in [0.717, 1.165) is 12.0 Å². The topological polar surface area (TPSA) is 122 Å². The van der Waals surface area contributed by atoms with E-state index in [1.165, 1.54) is 23.5 Å². The van der Waals surface area contributed by atoms with Gasteiger partial charge in [-0.2, -0.15) is 4.31 Å². The number of carbonyl (C=O) groups is 1. The van der Waals surface area contributed by atoms with Crippen molar-refractivity contribution in [2.45, 2.75) is 63.6 Å². The van der Waals surface area contributed by atoms with Crippen LogP contribution in [-0.4, -0.2) is 62.1 Å². The lowest BCUT2D eigenvalue weighted by molar-refractivity contribution is -0.125. The molecule has 4 N–H and O–H groups in total. The zero-order valence-electron chi connectivity index (χ0n) is 21.9. The maximum absolute atomic E-state index is 13.5. The molecule has 0 aliphatic rings. The molecule has 2 aromatic carbocycles. The summed E-state index contributed by atoms with van der Waals surface area (Å²) in [5, 5.41) is 14.2. The van der Waals surface area contributed by atoms with E-state index in [2.05, 4.69) is 5.32 Å². The van der Waals surface area contributed by atoms with Gasteiger partial charge in [-0.3, -0.25) is 4.79 Å². The first kappa shape index (κ1) is 29.8. The third kappa shape index (κ3) is 8.30. The van der Waals surface area contributed by atoms with Crippen molar-refractivity contribution in [2.75, 3.05) is 20.2 Å². The average molecular weight is 520 g/mol. The van der Waals surface area contributed by atoms with Crippen LogP contribution < -0.4 is 15.8 Å². The number of sulfonamides is 1. The first-order valence-corrected chi connectivity index (χ1v) is 13.9. The molecule has 4 atom stereocenters.